The van der Waals surface area contributed by atoms with Gasteiger partial charge >= 0.3 is 0 Å². The molecule has 68 valence electrons. The molecular weight excluding hydrogens is 157 g/mol. The number of fused-ring (bicyclic) bond motifs is 1. The highest BCUT2D eigenvalue weighted by Gasteiger charge is 2.23. The van der Waals surface area contributed by atoms with Crippen LogP contribution in [0.2, 0.25) is 12.6 Å². The smallest absolute Gasteiger partial charge is 0.180 e. The SMILES string of the molecule is CCB1CCN(C)c2ccccc21. The van der Waals surface area contributed by atoms with Gasteiger partial charge in [0.25, 0.3) is 0 Å². The molecule has 1 aliphatic heterocycles. The fourth-order valence-electron chi connectivity index (χ4n) is 2.23. The minimum Gasteiger partial charge on any atom is -0.376 e. The van der Waals surface area contributed by atoms with E-state index in [0.717, 1.165) is 6.71 Å². The molecule has 0 spiro atoms. The van der Waals surface area contributed by atoms with E-state index < -0.39 is 0 Å². The first kappa shape index (κ1) is 8.67. The average molecular weight is 173 g/mol. The Bertz CT molecular complexity index is 298. The number of hydrogen-bond acceptors (Lipinski definition) is 1. The Kier molecular flexibility index (Phi) is 2.30. The largest absolute Gasteiger partial charge is 0.376 e. The topological polar surface area (TPSA) is 3.24 Å². The van der Waals surface area contributed by atoms with Gasteiger partial charge in [-0.1, -0.05) is 43.2 Å². The Morgan fingerprint density at radius 2 is 2.15 bits per heavy atom. The van der Waals surface area contributed by atoms with Crippen LogP contribution in [0.5, 0.6) is 0 Å². The number of benzene rings is 1. The highest BCUT2D eigenvalue weighted by molar-refractivity contribution is 6.75. The van der Waals surface area contributed by atoms with Gasteiger partial charge in [-0.2, -0.15) is 0 Å². The molecule has 1 aliphatic rings. The van der Waals surface area contributed by atoms with Gasteiger partial charge in [-0.3, -0.25) is 0 Å². The zero-order valence-electron chi connectivity index (χ0n) is 8.46. The summed E-state index contributed by atoms with van der Waals surface area (Å²) in [5, 5.41) is 0. The zero-order chi connectivity index (χ0) is 9.26. The molecule has 0 amide bonds. The monoisotopic (exact) mass is 173 g/mol. The summed E-state index contributed by atoms with van der Waals surface area (Å²) >= 11 is 0. The van der Waals surface area contributed by atoms with E-state index in [0.29, 0.717) is 0 Å². The van der Waals surface area contributed by atoms with Crippen molar-refractivity contribution >= 4 is 17.9 Å². The van der Waals surface area contributed by atoms with Crippen LogP contribution < -0.4 is 10.4 Å². The molecule has 2 heteroatoms. The molecule has 0 bridgehead atoms. The van der Waals surface area contributed by atoms with Crippen LogP contribution in [0.15, 0.2) is 24.3 Å². The van der Waals surface area contributed by atoms with Crippen LogP contribution in [0, 0.1) is 0 Å². The highest BCUT2D eigenvalue weighted by atomic mass is 15.1. The summed E-state index contributed by atoms with van der Waals surface area (Å²) in [5.41, 5.74) is 2.97. The second-order valence-corrected chi connectivity index (χ2v) is 3.87. The predicted octanol–water partition coefficient (Wildman–Crippen LogP) is 1.86. The van der Waals surface area contributed by atoms with Crippen LogP contribution in [0.4, 0.5) is 5.69 Å². The van der Waals surface area contributed by atoms with Gasteiger partial charge in [-0.15, -0.1) is 0 Å². The molecule has 13 heavy (non-hydrogen) atoms. The molecule has 0 unspecified atom stereocenters. The molecule has 0 N–H and O–H groups in total. The first-order valence-corrected chi connectivity index (χ1v) is 5.13. The number of nitrogens with zero attached hydrogens (tertiary/aromatic N) is 1. The lowest BCUT2D eigenvalue weighted by atomic mass is 9.39. The van der Waals surface area contributed by atoms with Gasteiger partial charge in [0.15, 0.2) is 6.71 Å². The van der Waals surface area contributed by atoms with E-state index in [1.807, 2.05) is 0 Å². The molecule has 0 saturated heterocycles. The number of anilines is 1. The number of hydrogen-bond donors (Lipinski definition) is 0. The van der Waals surface area contributed by atoms with E-state index >= 15 is 0 Å². The minimum atomic E-state index is 0.785. The summed E-state index contributed by atoms with van der Waals surface area (Å²) in [6.07, 6.45) is 2.58. The summed E-state index contributed by atoms with van der Waals surface area (Å²) in [7, 11) is 2.19. The quantitative estimate of drug-likeness (QED) is 0.586. The molecule has 1 nitrogen and oxygen atoms in total. The average Bonchev–Trinajstić information content (AvgIpc) is 2.19. The fraction of sp³-hybridized carbons (Fsp3) is 0.455. The lowest BCUT2D eigenvalue weighted by molar-refractivity contribution is 0.944. The maximum Gasteiger partial charge on any atom is 0.180 e. The standard InChI is InChI=1S/C11H16BN/c1-3-12-8-9-13(2)11-7-5-4-6-10(11)12/h4-7H,3,8-9H2,1-2H3. The van der Waals surface area contributed by atoms with Crippen molar-refractivity contribution in [3.8, 4) is 0 Å². The third-order valence-corrected chi connectivity index (χ3v) is 3.09. The zero-order valence-corrected chi connectivity index (χ0v) is 8.46. The summed E-state index contributed by atoms with van der Waals surface area (Å²) in [4.78, 5) is 2.36. The van der Waals surface area contributed by atoms with Crippen molar-refractivity contribution in [3.05, 3.63) is 24.3 Å². The maximum absolute atomic E-state index is 2.36. The number of para-hydroxylation sites is 1. The van der Waals surface area contributed by atoms with E-state index in [2.05, 4.69) is 43.1 Å². The lowest BCUT2D eigenvalue weighted by Crippen LogP contribution is -2.42. The summed E-state index contributed by atoms with van der Waals surface area (Å²) in [5.74, 6) is 0. The first-order chi connectivity index (χ1) is 6.33. The Hall–Kier alpha value is -0.915. The third-order valence-electron chi connectivity index (χ3n) is 3.09. The van der Waals surface area contributed by atoms with E-state index in [1.54, 1.807) is 5.46 Å². The first-order valence-electron chi connectivity index (χ1n) is 5.13. The fourth-order valence-corrected chi connectivity index (χ4v) is 2.23. The summed E-state index contributed by atoms with van der Waals surface area (Å²) in [6.45, 7) is 4.27. The summed E-state index contributed by atoms with van der Waals surface area (Å²) < 4.78 is 0. The predicted molar refractivity (Wildman–Crippen MR) is 60.4 cm³/mol. The molecule has 2 rings (SSSR count). The molecule has 1 aromatic rings. The molecule has 0 aromatic heterocycles. The van der Waals surface area contributed by atoms with E-state index in [4.69, 9.17) is 0 Å². The minimum absolute atomic E-state index is 0.785. The van der Waals surface area contributed by atoms with E-state index in [-0.39, 0.29) is 0 Å². The number of rotatable bonds is 1. The van der Waals surface area contributed by atoms with Crippen molar-refractivity contribution in [1.29, 1.82) is 0 Å². The van der Waals surface area contributed by atoms with Gasteiger partial charge < -0.3 is 4.90 Å². The van der Waals surface area contributed by atoms with Crippen molar-refractivity contribution in [2.45, 2.75) is 19.6 Å². The molecule has 0 fully saturated rings. The lowest BCUT2D eigenvalue weighted by Gasteiger charge is -2.31. The van der Waals surface area contributed by atoms with Crippen LogP contribution >= 0.6 is 0 Å². The van der Waals surface area contributed by atoms with Crippen molar-refractivity contribution in [2.75, 3.05) is 18.5 Å². The molecule has 0 radical (unpaired) electrons. The van der Waals surface area contributed by atoms with Crippen molar-refractivity contribution in [3.63, 3.8) is 0 Å². The normalized spacial score (nSPS) is 15.8. The van der Waals surface area contributed by atoms with Gasteiger partial charge in [0, 0.05) is 19.3 Å². The van der Waals surface area contributed by atoms with Crippen molar-refractivity contribution in [2.24, 2.45) is 0 Å². The second kappa shape index (κ2) is 3.45. The Morgan fingerprint density at radius 1 is 1.38 bits per heavy atom. The Balaban J connectivity index is 2.42. The van der Waals surface area contributed by atoms with Gasteiger partial charge in [-0.25, -0.2) is 0 Å². The van der Waals surface area contributed by atoms with Gasteiger partial charge in [0.1, 0.15) is 0 Å². The Morgan fingerprint density at radius 3 is 2.92 bits per heavy atom. The molecule has 0 saturated carbocycles. The van der Waals surface area contributed by atoms with Crippen LogP contribution in [0.1, 0.15) is 6.92 Å². The van der Waals surface area contributed by atoms with Crippen LogP contribution in [0.3, 0.4) is 0 Å². The maximum atomic E-state index is 2.36. The highest BCUT2D eigenvalue weighted by Crippen LogP contribution is 2.18. The van der Waals surface area contributed by atoms with Crippen LogP contribution in [0.25, 0.3) is 0 Å². The molecule has 0 aliphatic carbocycles. The van der Waals surface area contributed by atoms with Gasteiger partial charge in [0.05, 0.1) is 0 Å². The van der Waals surface area contributed by atoms with E-state index in [9.17, 15) is 0 Å². The second-order valence-electron chi connectivity index (χ2n) is 3.87. The van der Waals surface area contributed by atoms with Crippen molar-refractivity contribution in [1.82, 2.24) is 0 Å². The Labute approximate surface area is 80.8 Å². The van der Waals surface area contributed by atoms with Gasteiger partial charge in [-0.05, 0) is 6.07 Å². The molecule has 1 aromatic carbocycles. The summed E-state index contributed by atoms with van der Waals surface area (Å²) in [6, 6.07) is 8.80. The molecule has 0 atom stereocenters. The van der Waals surface area contributed by atoms with Gasteiger partial charge in [0.2, 0.25) is 0 Å². The van der Waals surface area contributed by atoms with Crippen LogP contribution in [-0.4, -0.2) is 20.3 Å². The molecule has 1 heterocycles. The van der Waals surface area contributed by atoms with Crippen molar-refractivity contribution < 1.29 is 0 Å². The molecular formula is C11H16BN. The van der Waals surface area contributed by atoms with E-state index in [1.165, 1.54) is 24.9 Å². The van der Waals surface area contributed by atoms with Crippen LogP contribution in [-0.2, 0) is 0 Å². The third kappa shape index (κ3) is 1.45.